The number of hydrogen-bond donors (Lipinski definition) is 2. The Morgan fingerprint density at radius 1 is 1.05 bits per heavy atom. The minimum atomic E-state index is -0.499. The summed E-state index contributed by atoms with van der Waals surface area (Å²) < 4.78 is 0. The van der Waals surface area contributed by atoms with E-state index in [9.17, 15) is 14.9 Å². The van der Waals surface area contributed by atoms with Gasteiger partial charge in [-0.05, 0) is 94.4 Å². The van der Waals surface area contributed by atoms with Crippen molar-refractivity contribution in [3.05, 3.63) is 93.0 Å². The fraction of sp³-hybridized carbons (Fsp3) is 0.424. The van der Waals surface area contributed by atoms with Gasteiger partial charge in [0, 0.05) is 18.2 Å². The van der Waals surface area contributed by atoms with Gasteiger partial charge in [0.05, 0.1) is 4.92 Å². The van der Waals surface area contributed by atoms with Gasteiger partial charge in [-0.1, -0.05) is 70.5 Å². The number of hydrogen-bond acceptors (Lipinski definition) is 4. The van der Waals surface area contributed by atoms with Crippen LogP contribution in [0.3, 0.4) is 0 Å². The topological polar surface area (TPSA) is 98.3 Å². The van der Waals surface area contributed by atoms with E-state index in [4.69, 9.17) is 5.73 Å². The second kappa shape index (κ2) is 10.1. The molecule has 1 saturated carbocycles. The van der Waals surface area contributed by atoms with Crippen LogP contribution in [0.25, 0.3) is 11.1 Å². The van der Waals surface area contributed by atoms with Gasteiger partial charge in [-0.3, -0.25) is 14.9 Å². The van der Waals surface area contributed by atoms with E-state index in [1.807, 2.05) is 12.1 Å². The van der Waals surface area contributed by atoms with Gasteiger partial charge in [-0.2, -0.15) is 0 Å². The van der Waals surface area contributed by atoms with Crippen molar-refractivity contribution >= 4 is 17.3 Å². The fourth-order valence-electron chi connectivity index (χ4n) is 7.35. The molecule has 2 aliphatic rings. The third kappa shape index (κ3) is 4.93. The number of nitrogens with zero attached hydrogens (tertiary/aromatic N) is 1. The van der Waals surface area contributed by atoms with Crippen molar-refractivity contribution in [1.29, 1.82) is 0 Å². The van der Waals surface area contributed by atoms with Crippen molar-refractivity contribution in [3.63, 3.8) is 0 Å². The Balaban J connectivity index is 1.39. The first-order chi connectivity index (χ1) is 18.5. The van der Waals surface area contributed by atoms with Crippen LogP contribution in [0.15, 0.2) is 60.7 Å². The van der Waals surface area contributed by atoms with E-state index in [1.54, 1.807) is 30.3 Å². The highest BCUT2D eigenvalue weighted by Crippen LogP contribution is 2.57. The molecule has 0 radical (unpaired) electrons. The van der Waals surface area contributed by atoms with Gasteiger partial charge in [0.1, 0.15) is 5.69 Å². The molecule has 0 heterocycles. The number of carbonyl (C=O) groups is 1. The van der Waals surface area contributed by atoms with Crippen LogP contribution in [-0.2, 0) is 11.8 Å². The van der Waals surface area contributed by atoms with Crippen molar-refractivity contribution in [2.75, 3.05) is 11.9 Å². The number of aryl methyl sites for hydroxylation is 1. The summed E-state index contributed by atoms with van der Waals surface area (Å²) in [6, 6.07) is 19.3. The first kappa shape index (κ1) is 26.9. The third-order valence-corrected chi connectivity index (χ3v) is 9.55. The second-order valence-corrected chi connectivity index (χ2v) is 12.4. The third-order valence-electron chi connectivity index (χ3n) is 9.55. The smallest absolute Gasteiger partial charge is 0.292 e. The molecular formula is C33H39N3O3. The molecule has 2 aliphatic carbocycles. The predicted molar refractivity (Wildman–Crippen MR) is 157 cm³/mol. The number of primary amides is 1. The molecule has 0 bridgehead atoms. The maximum atomic E-state index is 12.1. The van der Waals surface area contributed by atoms with Crippen molar-refractivity contribution in [3.8, 4) is 11.1 Å². The number of benzene rings is 3. The molecule has 39 heavy (non-hydrogen) atoms. The van der Waals surface area contributed by atoms with Gasteiger partial charge in [-0.15, -0.1) is 0 Å². The standard InChI is InChI=1S/C33H39N3O3/c1-21(2)24-10-13-27-26(18-24)12-15-30-32(3,16-5-17-33(27,30)4)20-35-28-14-11-25(19-29(28)36(38)39)22-6-8-23(9-7-22)31(34)37/h6-11,13-14,18-19,21,30,35H,5,12,15-17,20H2,1-4H3,(H2,34,37)/t30-,32+,33+/m0/s1. The van der Waals surface area contributed by atoms with Crippen LogP contribution < -0.4 is 11.1 Å². The lowest BCUT2D eigenvalue weighted by atomic mass is 9.49. The first-order valence-corrected chi connectivity index (χ1v) is 14.1. The lowest BCUT2D eigenvalue weighted by Gasteiger charge is -2.55. The molecule has 0 unspecified atom stereocenters. The molecular weight excluding hydrogens is 486 g/mol. The van der Waals surface area contributed by atoms with Crippen LogP contribution in [0.2, 0.25) is 0 Å². The summed E-state index contributed by atoms with van der Waals surface area (Å²) in [7, 11) is 0. The molecule has 0 saturated heterocycles. The Kier molecular flexibility index (Phi) is 7.00. The van der Waals surface area contributed by atoms with Gasteiger partial charge in [0.2, 0.25) is 5.91 Å². The van der Waals surface area contributed by atoms with E-state index in [0.29, 0.717) is 29.6 Å². The maximum absolute atomic E-state index is 12.1. The van der Waals surface area contributed by atoms with E-state index in [0.717, 1.165) is 36.8 Å². The first-order valence-electron chi connectivity index (χ1n) is 14.1. The summed E-state index contributed by atoms with van der Waals surface area (Å²) in [4.78, 5) is 23.2. The van der Waals surface area contributed by atoms with Crippen molar-refractivity contribution in [2.45, 2.75) is 71.1 Å². The van der Waals surface area contributed by atoms with Gasteiger partial charge in [-0.25, -0.2) is 0 Å². The van der Waals surface area contributed by atoms with Gasteiger partial charge >= 0.3 is 0 Å². The number of nitro benzene ring substituents is 1. The molecule has 0 aromatic heterocycles. The molecule has 6 heteroatoms. The molecule has 0 spiro atoms. The average molecular weight is 526 g/mol. The van der Waals surface area contributed by atoms with Crippen LogP contribution >= 0.6 is 0 Å². The molecule has 204 valence electrons. The Labute approximate surface area is 231 Å². The average Bonchev–Trinajstić information content (AvgIpc) is 2.91. The van der Waals surface area contributed by atoms with Crippen LogP contribution in [-0.4, -0.2) is 17.4 Å². The molecule has 3 aromatic carbocycles. The number of amides is 1. The second-order valence-electron chi connectivity index (χ2n) is 12.4. The number of nitrogens with two attached hydrogens (primary N) is 1. The fourth-order valence-corrected chi connectivity index (χ4v) is 7.35. The van der Waals surface area contributed by atoms with Gasteiger partial charge < -0.3 is 11.1 Å². The Hall–Kier alpha value is -3.67. The van der Waals surface area contributed by atoms with Crippen molar-refractivity contribution in [1.82, 2.24) is 0 Å². The van der Waals surface area contributed by atoms with E-state index < -0.39 is 5.91 Å². The minimum Gasteiger partial charge on any atom is -0.379 e. The highest BCUT2D eigenvalue weighted by molar-refractivity contribution is 5.93. The number of fused-ring (bicyclic) bond motifs is 3. The monoisotopic (exact) mass is 525 g/mol. The maximum Gasteiger partial charge on any atom is 0.292 e. The van der Waals surface area contributed by atoms with E-state index in [1.165, 1.54) is 23.1 Å². The number of nitrogens with one attached hydrogen (secondary N) is 1. The van der Waals surface area contributed by atoms with Crippen molar-refractivity contribution in [2.24, 2.45) is 17.1 Å². The molecule has 0 aliphatic heterocycles. The summed E-state index contributed by atoms with van der Waals surface area (Å²) in [5.41, 5.74) is 12.4. The molecule has 3 atom stereocenters. The molecule has 6 nitrogen and oxygen atoms in total. The number of rotatable bonds is 7. The Morgan fingerprint density at radius 3 is 2.44 bits per heavy atom. The molecule has 5 rings (SSSR count). The summed E-state index contributed by atoms with van der Waals surface area (Å²) in [5.74, 6) is 0.533. The zero-order chi connectivity index (χ0) is 27.9. The molecule has 1 amide bonds. The van der Waals surface area contributed by atoms with E-state index >= 15 is 0 Å². The molecule has 3 aromatic rings. The molecule has 3 N–H and O–H groups in total. The van der Waals surface area contributed by atoms with Crippen LogP contribution in [0.1, 0.15) is 86.3 Å². The number of carbonyl (C=O) groups excluding carboxylic acids is 1. The van der Waals surface area contributed by atoms with Crippen LogP contribution in [0.5, 0.6) is 0 Å². The normalized spacial score (nSPS) is 24.1. The quantitative estimate of drug-likeness (QED) is 0.245. The SMILES string of the molecule is CC(C)c1ccc2c(c1)CC[C@H]1[C@@](C)(CNc3ccc(-c4ccc(C(N)=O)cc4)cc3[N+](=O)[O-])CCC[C@]21C. The Bertz CT molecular complexity index is 1410. The number of anilines is 1. The van der Waals surface area contributed by atoms with Crippen molar-refractivity contribution < 1.29 is 9.72 Å². The summed E-state index contributed by atoms with van der Waals surface area (Å²) in [5, 5.41) is 15.6. The minimum absolute atomic E-state index is 0.0263. The van der Waals surface area contributed by atoms with Crippen LogP contribution in [0.4, 0.5) is 11.4 Å². The number of nitro groups is 1. The summed E-state index contributed by atoms with van der Waals surface area (Å²) >= 11 is 0. The highest BCUT2D eigenvalue weighted by Gasteiger charge is 2.51. The van der Waals surface area contributed by atoms with Gasteiger partial charge in [0.15, 0.2) is 0 Å². The molecule has 1 fully saturated rings. The zero-order valence-corrected chi connectivity index (χ0v) is 23.4. The van der Waals surface area contributed by atoms with Gasteiger partial charge in [0.25, 0.3) is 5.69 Å². The lowest BCUT2D eigenvalue weighted by molar-refractivity contribution is -0.383. The zero-order valence-electron chi connectivity index (χ0n) is 23.4. The van der Waals surface area contributed by atoms with E-state index in [2.05, 4.69) is 51.2 Å². The summed E-state index contributed by atoms with van der Waals surface area (Å²) in [6.45, 7) is 10.0. The van der Waals surface area contributed by atoms with E-state index in [-0.39, 0.29) is 21.4 Å². The largest absolute Gasteiger partial charge is 0.379 e. The Morgan fingerprint density at radius 2 is 1.77 bits per heavy atom. The highest BCUT2D eigenvalue weighted by atomic mass is 16.6. The predicted octanol–water partition coefficient (Wildman–Crippen LogP) is 7.61. The summed E-state index contributed by atoms with van der Waals surface area (Å²) in [6.07, 6.45) is 5.68. The van der Waals surface area contributed by atoms with Crippen LogP contribution in [0, 0.1) is 21.4 Å². The lowest BCUT2D eigenvalue weighted by Crippen LogP contribution is -2.51.